The summed E-state index contributed by atoms with van der Waals surface area (Å²) in [5.41, 5.74) is 1.83. The Morgan fingerprint density at radius 3 is 2.50 bits per heavy atom. The van der Waals surface area contributed by atoms with Crippen LogP contribution in [0.3, 0.4) is 0 Å². The third-order valence-electron chi connectivity index (χ3n) is 4.40. The van der Waals surface area contributed by atoms with Crippen molar-refractivity contribution >= 4 is 11.6 Å². The van der Waals surface area contributed by atoms with E-state index in [2.05, 4.69) is 24.5 Å². The molecule has 1 amide bonds. The highest BCUT2D eigenvalue weighted by Gasteiger charge is 2.23. The van der Waals surface area contributed by atoms with Crippen LogP contribution in [0.1, 0.15) is 49.9 Å². The smallest absolute Gasteiger partial charge is 0.251 e. The highest BCUT2D eigenvalue weighted by atomic mass is 16.1. The van der Waals surface area contributed by atoms with Crippen LogP contribution in [0.2, 0.25) is 0 Å². The van der Waals surface area contributed by atoms with Crippen molar-refractivity contribution in [3.8, 4) is 0 Å². The van der Waals surface area contributed by atoms with E-state index in [1.807, 2.05) is 24.3 Å². The summed E-state index contributed by atoms with van der Waals surface area (Å²) in [6.07, 6.45) is 5.19. The molecule has 20 heavy (non-hydrogen) atoms. The van der Waals surface area contributed by atoms with Gasteiger partial charge in [-0.1, -0.05) is 26.7 Å². The van der Waals surface area contributed by atoms with Crippen molar-refractivity contribution in [1.82, 2.24) is 5.32 Å². The summed E-state index contributed by atoms with van der Waals surface area (Å²) in [5, 5.41) is 6.26. The monoisotopic (exact) mass is 274 g/mol. The normalized spacial score (nSPS) is 22.6. The number of carbonyl (C=O) groups excluding carboxylic acids is 1. The van der Waals surface area contributed by atoms with E-state index in [1.165, 1.54) is 25.7 Å². The lowest BCUT2D eigenvalue weighted by Crippen LogP contribution is -2.29. The lowest BCUT2D eigenvalue weighted by atomic mass is 9.79. The van der Waals surface area contributed by atoms with Gasteiger partial charge in [-0.05, 0) is 48.9 Å². The number of benzene rings is 1. The van der Waals surface area contributed by atoms with Crippen molar-refractivity contribution < 1.29 is 4.79 Å². The molecule has 0 heterocycles. The van der Waals surface area contributed by atoms with Gasteiger partial charge in [-0.2, -0.15) is 0 Å². The van der Waals surface area contributed by atoms with E-state index in [-0.39, 0.29) is 5.91 Å². The summed E-state index contributed by atoms with van der Waals surface area (Å²) < 4.78 is 0. The van der Waals surface area contributed by atoms with Crippen molar-refractivity contribution in [2.75, 3.05) is 12.4 Å². The molecule has 2 rings (SSSR count). The third-order valence-corrected chi connectivity index (χ3v) is 4.40. The van der Waals surface area contributed by atoms with E-state index in [1.54, 1.807) is 7.05 Å². The summed E-state index contributed by atoms with van der Waals surface area (Å²) in [5.74, 6) is 1.58. The summed E-state index contributed by atoms with van der Waals surface area (Å²) in [6, 6.07) is 8.34. The van der Waals surface area contributed by atoms with Crippen LogP contribution in [0.25, 0.3) is 0 Å². The third kappa shape index (κ3) is 3.75. The van der Waals surface area contributed by atoms with Crippen molar-refractivity contribution in [3.05, 3.63) is 29.8 Å². The van der Waals surface area contributed by atoms with Crippen LogP contribution >= 0.6 is 0 Å². The number of nitrogens with one attached hydrogen (secondary N) is 2. The van der Waals surface area contributed by atoms with Gasteiger partial charge in [0.25, 0.3) is 5.91 Å². The second-order valence-electron chi connectivity index (χ2n) is 6.17. The zero-order chi connectivity index (χ0) is 14.5. The number of rotatable bonds is 4. The van der Waals surface area contributed by atoms with Crippen LogP contribution in [-0.2, 0) is 0 Å². The predicted octanol–water partition coefficient (Wildman–Crippen LogP) is 3.67. The highest BCUT2D eigenvalue weighted by Crippen LogP contribution is 2.31. The molecular formula is C17H26N2O. The Balaban J connectivity index is 1.94. The SMILES string of the molecule is CNC(=O)c1ccc(NC2CCCC(C(C)C)C2)cc1. The first-order valence-electron chi connectivity index (χ1n) is 7.69. The van der Waals surface area contributed by atoms with Gasteiger partial charge in [0.05, 0.1) is 0 Å². The van der Waals surface area contributed by atoms with Crippen LogP contribution < -0.4 is 10.6 Å². The zero-order valence-corrected chi connectivity index (χ0v) is 12.8. The van der Waals surface area contributed by atoms with Crippen LogP contribution in [0, 0.1) is 11.8 Å². The molecule has 0 saturated heterocycles. The number of carbonyl (C=O) groups is 1. The summed E-state index contributed by atoms with van der Waals surface area (Å²) in [4.78, 5) is 11.5. The zero-order valence-electron chi connectivity index (χ0n) is 12.8. The maximum absolute atomic E-state index is 11.5. The number of hydrogen-bond acceptors (Lipinski definition) is 2. The summed E-state index contributed by atoms with van der Waals surface area (Å²) in [6.45, 7) is 4.65. The number of amides is 1. The Bertz CT molecular complexity index is 439. The lowest BCUT2D eigenvalue weighted by Gasteiger charge is -2.32. The van der Waals surface area contributed by atoms with Crippen LogP contribution in [0.5, 0.6) is 0 Å². The van der Waals surface area contributed by atoms with Gasteiger partial charge in [0, 0.05) is 24.3 Å². The maximum Gasteiger partial charge on any atom is 0.251 e. The Morgan fingerprint density at radius 1 is 1.20 bits per heavy atom. The van der Waals surface area contributed by atoms with E-state index in [0.717, 1.165) is 17.5 Å². The first-order chi connectivity index (χ1) is 9.60. The highest BCUT2D eigenvalue weighted by molar-refractivity contribution is 5.94. The van der Waals surface area contributed by atoms with Crippen LogP contribution in [-0.4, -0.2) is 19.0 Å². The summed E-state index contributed by atoms with van der Waals surface area (Å²) in [7, 11) is 1.66. The standard InChI is InChI=1S/C17H26N2O/c1-12(2)14-5-4-6-16(11-14)19-15-9-7-13(8-10-15)17(20)18-3/h7-10,12,14,16,19H,4-6,11H2,1-3H3,(H,18,20). The Hall–Kier alpha value is -1.51. The number of hydrogen-bond donors (Lipinski definition) is 2. The molecule has 0 spiro atoms. The first-order valence-corrected chi connectivity index (χ1v) is 7.69. The van der Waals surface area contributed by atoms with Gasteiger partial charge in [-0.15, -0.1) is 0 Å². The molecule has 2 atom stereocenters. The van der Waals surface area contributed by atoms with E-state index in [0.29, 0.717) is 11.6 Å². The molecule has 3 heteroatoms. The van der Waals surface area contributed by atoms with Gasteiger partial charge >= 0.3 is 0 Å². The van der Waals surface area contributed by atoms with Gasteiger partial charge in [0.2, 0.25) is 0 Å². The average molecular weight is 274 g/mol. The molecule has 0 bridgehead atoms. The molecular weight excluding hydrogens is 248 g/mol. The van der Waals surface area contributed by atoms with E-state index in [4.69, 9.17) is 0 Å². The molecule has 0 aliphatic heterocycles. The second-order valence-corrected chi connectivity index (χ2v) is 6.17. The average Bonchev–Trinajstić information content (AvgIpc) is 2.47. The molecule has 110 valence electrons. The molecule has 1 aliphatic rings. The number of anilines is 1. The Kier molecular flexibility index (Phi) is 5.05. The maximum atomic E-state index is 11.5. The molecule has 2 N–H and O–H groups in total. The molecule has 3 nitrogen and oxygen atoms in total. The molecule has 2 unspecified atom stereocenters. The fraction of sp³-hybridized carbons (Fsp3) is 0.588. The van der Waals surface area contributed by atoms with Gasteiger partial charge in [-0.3, -0.25) is 4.79 Å². The minimum atomic E-state index is -0.0333. The predicted molar refractivity (Wildman–Crippen MR) is 84.0 cm³/mol. The van der Waals surface area contributed by atoms with Gasteiger partial charge in [0.15, 0.2) is 0 Å². The van der Waals surface area contributed by atoms with Crippen LogP contribution in [0.4, 0.5) is 5.69 Å². The Labute approximate surface area is 122 Å². The molecule has 0 radical (unpaired) electrons. The minimum Gasteiger partial charge on any atom is -0.382 e. The lowest BCUT2D eigenvalue weighted by molar-refractivity contribution is 0.0963. The Morgan fingerprint density at radius 2 is 1.90 bits per heavy atom. The second kappa shape index (κ2) is 6.78. The van der Waals surface area contributed by atoms with E-state index >= 15 is 0 Å². The fourth-order valence-electron chi connectivity index (χ4n) is 3.06. The molecule has 0 aromatic heterocycles. The fourth-order valence-corrected chi connectivity index (χ4v) is 3.06. The van der Waals surface area contributed by atoms with Crippen molar-refractivity contribution in [3.63, 3.8) is 0 Å². The molecule has 1 aliphatic carbocycles. The molecule has 1 aromatic carbocycles. The van der Waals surface area contributed by atoms with Crippen molar-refractivity contribution in [1.29, 1.82) is 0 Å². The van der Waals surface area contributed by atoms with E-state index < -0.39 is 0 Å². The minimum absolute atomic E-state index is 0.0333. The van der Waals surface area contributed by atoms with E-state index in [9.17, 15) is 4.79 Å². The largest absolute Gasteiger partial charge is 0.382 e. The van der Waals surface area contributed by atoms with Crippen LogP contribution in [0.15, 0.2) is 24.3 Å². The quantitative estimate of drug-likeness (QED) is 0.879. The first kappa shape index (κ1) is 14.9. The van der Waals surface area contributed by atoms with Crippen molar-refractivity contribution in [2.24, 2.45) is 11.8 Å². The van der Waals surface area contributed by atoms with Gasteiger partial charge in [0.1, 0.15) is 0 Å². The molecule has 1 aromatic rings. The molecule has 1 saturated carbocycles. The summed E-state index contributed by atoms with van der Waals surface area (Å²) >= 11 is 0. The van der Waals surface area contributed by atoms with Gasteiger partial charge < -0.3 is 10.6 Å². The topological polar surface area (TPSA) is 41.1 Å². The van der Waals surface area contributed by atoms with Gasteiger partial charge in [-0.25, -0.2) is 0 Å². The van der Waals surface area contributed by atoms with Crippen molar-refractivity contribution in [2.45, 2.75) is 45.6 Å². The molecule has 1 fully saturated rings.